The lowest BCUT2D eigenvalue weighted by atomic mass is 9.49. The molecule has 0 aromatic carbocycles. The van der Waals surface area contributed by atoms with Gasteiger partial charge in [-0.3, -0.25) is 4.79 Å². The molecule has 20 heavy (non-hydrogen) atoms. The minimum atomic E-state index is 0. The molecule has 1 aliphatic heterocycles. The summed E-state index contributed by atoms with van der Waals surface area (Å²) in [5, 5.41) is 3.45. The van der Waals surface area contributed by atoms with E-state index >= 15 is 0 Å². The third-order valence-electron chi connectivity index (χ3n) is 6.15. The fourth-order valence-corrected chi connectivity index (χ4v) is 5.82. The minimum absolute atomic E-state index is 0. The highest BCUT2D eigenvalue weighted by molar-refractivity contribution is 5.85. The minimum Gasteiger partial charge on any atom is -0.339 e. The Morgan fingerprint density at radius 3 is 2.15 bits per heavy atom. The fourth-order valence-electron chi connectivity index (χ4n) is 5.82. The lowest BCUT2D eigenvalue weighted by Gasteiger charge is -2.57. The molecule has 3 nitrogen and oxygen atoms in total. The predicted molar refractivity (Wildman–Crippen MR) is 81.9 cm³/mol. The van der Waals surface area contributed by atoms with Gasteiger partial charge in [-0.2, -0.15) is 0 Å². The number of hydrogen-bond donors (Lipinski definition) is 1. The van der Waals surface area contributed by atoms with Gasteiger partial charge in [-0.15, -0.1) is 12.4 Å². The van der Waals surface area contributed by atoms with Crippen molar-refractivity contribution < 1.29 is 4.79 Å². The second-order valence-corrected chi connectivity index (χ2v) is 7.80. The number of nitrogens with one attached hydrogen (secondary N) is 1. The molecule has 1 heterocycles. The van der Waals surface area contributed by atoms with E-state index in [-0.39, 0.29) is 17.8 Å². The molecular formula is C16H27ClN2O. The van der Waals surface area contributed by atoms with E-state index in [0.29, 0.717) is 11.9 Å². The van der Waals surface area contributed by atoms with Crippen molar-refractivity contribution in [1.29, 1.82) is 0 Å². The Balaban J connectivity index is 0.00000121. The summed E-state index contributed by atoms with van der Waals surface area (Å²) in [6, 6.07) is 0.464. The first-order chi connectivity index (χ1) is 9.14. The largest absolute Gasteiger partial charge is 0.339 e. The molecule has 5 aliphatic rings. The molecule has 114 valence electrons. The molecule has 1 amide bonds. The fraction of sp³-hybridized carbons (Fsp3) is 0.938. The average Bonchev–Trinajstić information content (AvgIpc) is 2.36. The van der Waals surface area contributed by atoms with Crippen molar-refractivity contribution in [2.24, 2.45) is 23.2 Å². The molecular weight excluding hydrogens is 272 g/mol. The first kappa shape index (κ1) is 14.6. The second-order valence-electron chi connectivity index (χ2n) is 7.80. The normalized spacial score (nSPS) is 46.1. The Bertz CT molecular complexity index is 363. The number of amides is 1. The zero-order chi connectivity index (χ0) is 13.0. The number of carbonyl (C=O) groups excluding carboxylic acids is 1. The van der Waals surface area contributed by atoms with Gasteiger partial charge in [0, 0.05) is 25.7 Å². The summed E-state index contributed by atoms with van der Waals surface area (Å²) in [5.41, 5.74) is 0.0613. The van der Waals surface area contributed by atoms with Crippen molar-refractivity contribution in [2.75, 3.05) is 19.6 Å². The molecule has 4 heteroatoms. The van der Waals surface area contributed by atoms with Crippen LogP contribution in [-0.4, -0.2) is 36.5 Å². The van der Waals surface area contributed by atoms with Gasteiger partial charge in [0.2, 0.25) is 5.91 Å². The third-order valence-corrected chi connectivity index (χ3v) is 6.15. The van der Waals surface area contributed by atoms with Crippen LogP contribution in [0.4, 0.5) is 0 Å². The van der Waals surface area contributed by atoms with E-state index in [4.69, 9.17) is 0 Å². The van der Waals surface area contributed by atoms with E-state index in [1.807, 2.05) is 0 Å². The SMILES string of the molecule is C[C@H]1CN(C(=O)C23CC4CC(CC(C4)C2)C3)CCN1.Cl. The number of halogens is 1. The molecule has 0 aromatic rings. The van der Waals surface area contributed by atoms with E-state index in [2.05, 4.69) is 17.1 Å². The van der Waals surface area contributed by atoms with Gasteiger partial charge >= 0.3 is 0 Å². The van der Waals surface area contributed by atoms with Crippen LogP contribution in [0, 0.1) is 23.2 Å². The standard InChI is InChI=1S/C16H26N2O.ClH/c1-11-10-18(3-2-17-11)15(19)16-7-12-4-13(8-16)6-14(5-12)9-16;/h11-14,17H,2-10H2,1H3;1H/t11-,12?,13?,14?,16?;/m0./s1. The van der Waals surface area contributed by atoms with Crippen molar-refractivity contribution in [3.63, 3.8) is 0 Å². The molecule has 4 bridgehead atoms. The number of hydrogen-bond acceptors (Lipinski definition) is 2. The summed E-state index contributed by atoms with van der Waals surface area (Å²) >= 11 is 0. The molecule has 4 saturated carbocycles. The Morgan fingerprint density at radius 2 is 1.65 bits per heavy atom. The third kappa shape index (κ3) is 2.27. The highest BCUT2D eigenvalue weighted by atomic mass is 35.5. The number of carbonyl (C=O) groups is 1. The molecule has 1 atom stereocenters. The molecule has 1 saturated heterocycles. The number of piperazine rings is 1. The lowest BCUT2D eigenvalue weighted by molar-refractivity contribution is -0.158. The molecule has 4 aliphatic carbocycles. The summed E-state index contributed by atoms with van der Waals surface area (Å²) in [6.45, 7) is 5.00. The zero-order valence-electron chi connectivity index (χ0n) is 12.4. The van der Waals surface area contributed by atoms with E-state index in [9.17, 15) is 4.79 Å². The van der Waals surface area contributed by atoms with Gasteiger partial charge in [-0.25, -0.2) is 0 Å². The maximum atomic E-state index is 13.1. The van der Waals surface area contributed by atoms with Gasteiger partial charge in [0.25, 0.3) is 0 Å². The maximum absolute atomic E-state index is 13.1. The lowest BCUT2D eigenvalue weighted by Crippen LogP contribution is -2.59. The monoisotopic (exact) mass is 298 g/mol. The van der Waals surface area contributed by atoms with Gasteiger partial charge in [0.1, 0.15) is 0 Å². The highest BCUT2D eigenvalue weighted by Crippen LogP contribution is 2.60. The Labute approximate surface area is 128 Å². The van der Waals surface area contributed by atoms with Gasteiger partial charge in [0.05, 0.1) is 5.41 Å². The van der Waals surface area contributed by atoms with Crippen molar-refractivity contribution >= 4 is 18.3 Å². The van der Waals surface area contributed by atoms with Crippen LogP contribution in [0.25, 0.3) is 0 Å². The highest BCUT2D eigenvalue weighted by Gasteiger charge is 2.55. The summed E-state index contributed by atoms with van der Waals surface area (Å²) in [7, 11) is 0. The van der Waals surface area contributed by atoms with Crippen LogP contribution >= 0.6 is 12.4 Å². The predicted octanol–water partition coefficient (Wildman–Crippen LogP) is 2.44. The average molecular weight is 299 g/mol. The van der Waals surface area contributed by atoms with Crippen LogP contribution < -0.4 is 5.32 Å². The van der Waals surface area contributed by atoms with E-state index in [1.54, 1.807) is 0 Å². The number of nitrogens with zero attached hydrogens (tertiary/aromatic N) is 1. The quantitative estimate of drug-likeness (QED) is 0.806. The molecule has 5 rings (SSSR count). The van der Waals surface area contributed by atoms with Gasteiger partial charge < -0.3 is 10.2 Å². The first-order valence-electron chi connectivity index (χ1n) is 8.17. The van der Waals surface area contributed by atoms with Crippen LogP contribution in [0.3, 0.4) is 0 Å². The summed E-state index contributed by atoms with van der Waals surface area (Å²) < 4.78 is 0. The molecule has 0 spiro atoms. The van der Waals surface area contributed by atoms with E-state index in [1.165, 1.54) is 38.5 Å². The summed E-state index contributed by atoms with van der Waals surface area (Å²) in [5.74, 6) is 3.13. The van der Waals surface area contributed by atoms with Crippen LogP contribution in [-0.2, 0) is 4.79 Å². The molecule has 0 aromatic heterocycles. The van der Waals surface area contributed by atoms with E-state index in [0.717, 1.165) is 37.4 Å². The van der Waals surface area contributed by atoms with Gasteiger partial charge in [-0.05, 0) is 63.2 Å². The van der Waals surface area contributed by atoms with Crippen LogP contribution in [0.1, 0.15) is 45.4 Å². The van der Waals surface area contributed by atoms with Gasteiger partial charge in [-0.1, -0.05) is 0 Å². The Morgan fingerprint density at radius 1 is 1.10 bits per heavy atom. The van der Waals surface area contributed by atoms with Crippen LogP contribution in [0.5, 0.6) is 0 Å². The molecule has 5 fully saturated rings. The Kier molecular flexibility index (Phi) is 3.79. The summed E-state index contributed by atoms with van der Waals surface area (Å²) in [4.78, 5) is 15.3. The van der Waals surface area contributed by atoms with Gasteiger partial charge in [0.15, 0.2) is 0 Å². The van der Waals surface area contributed by atoms with Crippen molar-refractivity contribution in [3.05, 3.63) is 0 Å². The summed E-state index contributed by atoms with van der Waals surface area (Å²) in [6.07, 6.45) is 7.88. The van der Waals surface area contributed by atoms with Crippen molar-refractivity contribution in [2.45, 2.75) is 51.5 Å². The zero-order valence-corrected chi connectivity index (χ0v) is 13.3. The maximum Gasteiger partial charge on any atom is 0.228 e. The van der Waals surface area contributed by atoms with Crippen molar-refractivity contribution in [1.82, 2.24) is 10.2 Å². The molecule has 0 radical (unpaired) electrons. The van der Waals surface area contributed by atoms with Crippen molar-refractivity contribution in [3.8, 4) is 0 Å². The van der Waals surface area contributed by atoms with Crippen LogP contribution in [0.15, 0.2) is 0 Å². The van der Waals surface area contributed by atoms with Crippen LogP contribution in [0.2, 0.25) is 0 Å². The molecule has 0 unspecified atom stereocenters. The smallest absolute Gasteiger partial charge is 0.228 e. The molecule has 1 N–H and O–H groups in total. The first-order valence-corrected chi connectivity index (χ1v) is 8.17. The Hall–Kier alpha value is -0.280. The van der Waals surface area contributed by atoms with E-state index < -0.39 is 0 Å². The topological polar surface area (TPSA) is 32.3 Å². The second kappa shape index (κ2) is 5.17. The number of rotatable bonds is 1.